The van der Waals surface area contributed by atoms with E-state index >= 15 is 0 Å². The van der Waals surface area contributed by atoms with E-state index in [1.807, 2.05) is 0 Å². The predicted octanol–water partition coefficient (Wildman–Crippen LogP) is 1.54. The number of nitrogens with one attached hydrogen (secondary N) is 2. The van der Waals surface area contributed by atoms with Crippen molar-refractivity contribution in [3.8, 4) is 0 Å². The minimum absolute atomic E-state index is 0.152. The Morgan fingerprint density at radius 3 is 2.31 bits per heavy atom. The maximum absolute atomic E-state index is 12.2. The van der Waals surface area contributed by atoms with E-state index in [0.717, 1.165) is 19.5 Å². The van der Waals surface area contributed by atoms with Crippen LogP contribution in [0.5, 0.6) is 0 Å². The highest BCUT2D eigenvalue weighted by atomic mass is 16.2. The lowest BCUT2D eigenvalue weighted by atomic mass is 10.0. The summed E-state index contributed by atoms with van der Waals surface area (Å²) in [6.45, 7) is 10.8. The molecule has 1 unspecified atom stereocenters. The van der Waals surface area contributed by atoms with Gasteiger partial charge in [0.2, 0.25) is 5.91 Å². The second kappa shape index (κ2) is 3.73. The van der Waals surface area contributed by atoms with Gasteiger partial charge in [0.15, 0.2) is 0 Å². The van der Waals surface area contributed by atoms with Gasteiger partial charge in [0.1, 0.15) is 0 Å². The van der Waals surface area contributed by atoms with Crippen LogP contribution in [0.1, 0.15) is 40.5 Å². The third kappa shape index (κ3) is 1.75. The van der Waals surface area contributed by atoms with Crippen molar-refractivity contribution in [3.05, 3.63) is 0 Å². The van der Waals surface area contributed by atoms with Gasteiger partial charge < -0.3 is 10.6 Å². The van der Waals surface area contributed by atoms with Gasteiger partial charge in [-0.3, -0.25) is 4.79 Å². The molecule has 1 heterocycles. The Labute approximate surface area is 98.4 Å². The fourth-order valence-electron chi connectivity index (χ4n) is 3.11. The minimum Gasteiger partial charge on any atom is -0.352 e. The van der Waals surface area contributed by atoms with Crippen LogP contribution in [0, 0.1) is 16.7 Å². The lowest BCUT2D eigenvalue weighted by Gasteiger charge is -2.24. The van der Waals surface area contributed by atoms with Gasteiger partial charge in [0.25, 0.3) is 0 Å². The Kier molecular flexibility index (Phi) is 2.77. The van der Waals surface area contributed by atoms with E-state index in [1.165, 1.54) is 6.42 Å². The molecule has 3 nitrogen and oxygen atoms in total. The van der Waals surface area contributed by atoms with Crippen molar-refractivity contribution in [2.24, 2.45) is 16.7 Å². The molecule has 0 aromatic heterocycles. The zero-order chi connectivity index (χ0) is 12.0. The molecule has 2 aliphatic rings. The molecule has 1 saturated heterocycles. The summed E-state index contributed by atoms with van der Waals surface area (Å²) in [5, 5.41) is 6.52. The molecular weight excluding hydrogens is 200 g/mol. The topological polar surface area (TPSA) is 41.1 Å². The Balaban J connectivity index is 1.90. The third-order valence-electron chi connectivity index (χ3n) is 4.93. The lowest BCUT2D eigenvalue weighted by molar-refractivity contribution is -0.124. The summed E-state index contributed by atoms with van der Waals surface area (Å²) in [6, 6.07) is 0.341. The van der Waals surface area contributed by atoms with Gasteiger partial charge in [0, 0.05) is 18.5 Å². The fourth-order valence-corrected chi connectivity index (χ4v) is 3.11. The van der Waals surface area contributed by atoms with Gasteiger partial charge >= 0.3 is 0 Å². The summed E-state index contributed by atoms with van der Waals surface area (Å²) in [6.07, 6.45) is 2.29. The highest BCUT2D eigenvalue weighted by Crippen LogP contribution is 2.68. The summed E-state index contributed by atoms with van der Waals surface area (Å²) < 4.78 is 0. The van der Waals surface area contributed by atoms with Crippen LogP contribution in [0.3, 0.4) is 0 Å². The number of rotatable bonds is 2. The van der Waals surface area contributed by atoms with Gasteiger partial charge in [-0.15, -0.1) is 0 Å². The number of carbonyl (C=O) groups excluding carboxylic acids is 1. The first-order chi connectivity index (χ1) is 7.37. The number of amides is 1. The van der Waals surface area contributed by atoms with Crippen LogP contribution in [0.25, 0.3) is 0 Å². The zero-order valence-electron chi connectivity index (χ0n) is 10.9. The van der Waals surface area contributed by atoms with Crippen molar-refractivity contribution in [2.45, 2.75) is 46.6 Å². The van der Waals surface area contributed by atoms with E-state index in [4.69, 9.17) is 0 Å². The predicted molar refractivity (Wildman–Crippen MR) is 65.1 cm³/mol. The van der Waals surface area contributed by atoms with Crippen molar-refractivity contribution in [1.82, 2.24) is 10.6 Å². The second-order valence-corrected chi connectivity index (χ2v) is 6.43. The van der Waals surface area contributed by atoms with Gasteiger partial charge in [-0.1, -0.05) is 27.7 Å². The maximum atomic E-state index is 12.2. The van der Waals surface area contributed by atoms with Gasteiger partial charge in [-0.25, -0.2) is 0 Å². The highest BCUT2D eigenvalue weighted by molar-refractivity contribution is 5.84. The van der Waals surface area contributed by atoms with Crippen molar-refractivity contribution in [1.29, 1.82) is 0 Å². The first kappa shape index (κ1) is 11.9. The van der Waals surface area contributed by atoms with Crippen LogP contribution in [0.2, 0.25) is 0 Å². The molecule has 3 heteroatoms. The fraction of sp³-hybridized carbons (Fsp3) is 0.923. The van der Waals surface area contributed by atoms with E-state index in [0.29, 0.717) is 6.04 Å². The average molecular weight is 224 g/mol. The quantitative estimate of drug-likeness (QED) is 0.747. The summed E-state index contributed by atoms with van der Waals surface area (Å²) in [7, 11) is 0. The van der Waals surface area contributed by atoms with Crippen LogP contribution in [-0.4, -0.2) is 25.0 Å². The van der Waals surface area contributed by atoms with E-state index in [1.54, 1.807) is 0 Å². The largest absolute Gasteiger partial charge is 0.352 e. The van der Waals surface area contributed by atoms with Crippen molar-refractivity contribution in [3.63, 3.8) is 0 Å². The Morgan fingerprint density at radius 1 is 1.25 bits per heavy atom. The van der Waals surface area contributed by atoms with E-state index < -0.39 is 0 Å². The second-order valence-electron chi connectivity index (χ2n) is 6.43. The van der Waals surface area contributed by atoms with Crippen molar-refractivity contribution < 1.29 is 4.79 Å². The standard InChI is InChI=1S/C13H24N2O/c1-12(2)10(13(12,3)4)11(16)15-9-6-5-7-14-8-9/h9-10,14H,5-8H2,1-4H3,(H,15,16). The van der Waals surface area contributed by atoms with E-state index in [2.05, 4.69) is 38.3 Å². The number of hydrogen-bond donors (Lipinski definition) is 2. The van der Waals surface area contributed by atoms with Crippen molar-refractivity contribution in [2.75, 3.05) is 13.1 Å². The molecule has 1 saturated carbocycles. The molecule has 1 atom stereocenters. The lowest BCUT2D eigenvalue weighted by Crippen LogP contribution is -2.46. The van der Waals surface area contributed by atoms with Crippen LogP contribution in [0.15, 0.2) is 0 Å². The van der Waals surface area contributed by atoms with Crippen LogP contribution in [-0.2, 0) is 4.79 Å². The van der Waals surface area contributed by atoms with Crippen LogP contribution < -0.4 is 10.6 Å². The minimum atomic E-state index is 0.152. The van der Waals surface area contributed by atoms with Gasteiger partial charge in [0.05, 0.1) is 0 Å². The molecule has 0 bridgehead atoms. The maximum Gasteiger partial charge on any atom is 0.224 e. The molecule has 2 fully saturated rings. The summed E-state index contributed by atoms with van der Waals surface area (Å²) in [5.74, 6) is 0.436. The normalized spacial score (nSPS) is 32.1. The number of hydrogen-bond acceptors (Lipinski definition) is 2. The monoisotopic (exact) mass is 224 g/mol. The zero-order valence-corrected chi connectivity index (χ0v) is 10.9. The molecule has 0 radical (unpaired) electrons. The summed E-state index contributed by atoms with van der Waals surface area (Å²) in [5.41, 5.74) is 0.304. The molecule has 0 spiro atoms. The smallest absolute Gasteiger partial charge is 0.224 e. The first-order valence-electron chi connectivity index (χ1n) is 6.38. The third-order valence-corrected chi connectivity index (χ3v) is 4.93. The van der Waals surface area contributed by atoms with Crippen LogP contribution in [0.4, 0.5) is 0 Å². The number of carbonyl (C=O) groups is 1. The molecule has 16 heavy (non-hydrogen) atoms. The molecule has 1 aliphatic heterocycles. The Bertz CT molecular complexity index is 276. The van der Waals surface area contributed by atoms with Gasteiger partial charge in [-0.2, -0.15) is 0 Å². The molecule has 2 N–H and O–H groups in total. The molecule has 2 rings (SSSR count). The summed E-state index contributed by atoms with van der Waals surface area (Å²) >= 11 is 0. The average Bonchev–Trinajstić information content (AvgIpc) is 2.58. The highest BCUT2D eigenvalue weighted by Gasteiger charge is 2.68. The molecule has 1 aliphatic carbocycles. The molecular formula is C13H24N2O. The van der Waals surface area contributed by atoms with Gasteiger partial charge in [-0.05, 0) is 30.2 Å². The first-order valence-corrected chi connectivity index (χ1v) is 6.38. The van der Waals surface area contributed by atoms with E-state index in [9.17, 15) is 4.79 Å². The SMILES string of the molecule is CC1(C)C(C(=O)NC2CCCNC2)C1(C)C. The number of piperidine rings is 1. The Morgan fingerprint density at radius 2 is 1.88 bits per heavy atom. The van der Waals surface area contributed by atoms with Crippen LogP contribution >= 0.6 is 0 Å². The van der Waals surface area contributed by atoms with E-state index in [-0.39, 0.29) is 22.7 Å². The molecule has 0 aromatic carbocycles. The Hall–Kier alpha value is -0.570. The molecule has 1 amide bonds. The molecule has 92 valence electrons. The molecule has 0 aromatic rings. The summed E-state index contributed by atoms with van der Waals surface area (Å²) in [4.78, 5) is 12.2. The van der Waals surface area contributed by atoms with Crippen molar-refractivity contribution >= 4 is 5.91 Å².